The fraction of sp³-hybridized carbons (Fsp3) is 0.0952. The summed E-state index contributed by atoms with van der Waals surface area (Å²) >= 11 is 0. The molecule has 4 rings (SSSR count). The predicted octanol–water partition coefficient (Wildman–Crippen LogP) is 5.73. The summed E-state index contributed by atoms with van der Waals surface area (Å²) in [6, 6.07) is 15.6. The van der Waals surface area contributed by atoms with Crippen LogP contribution in [0.3, 0.4) is 0 Å². The largest absolute Gasteiger partial charge is 0.457 e. The second kappa shape index (κ2) is 7.86. The third-order valence-corrected chi connectivity index (χ3v) is 4.15. The summed E-state index contributed by atoms with van der Waals surface area (Å²) in [6.45, 7) is 1.87. The number of anilines is 2. The molecule has 0 aliphatic heterocycles. The van der Waals surface area contributed by atoms with Crippen LogP contribution in [0.25, 0.3) is 11.4 Å². The lowest BCUT2D eigenvalue weighted by molar-refractivity contribution is -0.137. The molecule has 0 unspecified atom stereocenters. The molecule has 0 bridgehead atoms. The van der Waals surface area contributed by atoms with Crippen LogP contribution in [0.1, 0.15) is 11.3 Å². The van der Waals surface area contributed by atoms with E-state index in [-0.39, 0.29) is 11.6 Å². The van der Waals surface area contributed by atoms with Crippen molar-refractivity contribution in [2.75, 3.05) is 5.32 Å². The van der Waals surface area contributed by atoms with Gasteiger partial charge in [-0.1, -0.05) is 18.2 Å². The van der Waals surface area contributed by atoms with E-state index in [1.54, 1.807) is 30.5 Å². The van der Waals surface area contributed by atoms with Crippen molar-refractivity contribution in [2.45, 2.75) is 13.1 Å². The molecule has 2 N–H and O–H groups in total. The Kier molecular flexibility index (Phi) is 5.09. The van der Waals surface area contributed by atoms with Gasteiger partial charge in [0, 0.05) is 29.2 Å². The Labute approximate surface area is 169 Å². The fourth-order valence-electron chi connectivity index (χ4n) is 2.78. The lowest BCUT2D eigenvalue weighted by atomic mass is 10.2. The molecule has 0 radical (unpaired) electrons. The highest BCUT2D eigenvalue weighted by Gasteiger charge is 2.30. The molecule has 0 aliphatic carbocycles. The van der Waals surface area contributed by atoms with Gasteiger partial charge in [-0.05, 0) is 43.3 Å². The zero-order valence-corrected chi connectivity index (χ0v) is 15.7. The molecule has 0 saturated heterocycles. The van der Waals surface area contributed by atoms with Gasteiger partial charge in [0.05, 0.1) is 5.56 Å². The molecule has 9 heteroatoms. The number of nitrogens with one attached hydrogen (secondary N) is 2. The van der Waals surface area contributed by atoms with Gasteiger partial charge in [-0.25, -0.2) is 0 Å². The molecule has 152 valence electrons. The van der Waals surface area contributed by atoms with E-state index in [9.17, 15) is 13.2 Å². The Morgan fingerprint density at radius 1 is 0.933 bits per heavy atom. The molecular formula is C21H16F3N5O. The zero-order valence-electron chi connectivity index (χ0n) is 15.7. The van der Waals surface area contributed by atoms with Crippen molar-refractivity contribution >= 4 is 11.6 Å². The summed E-state index contributed by atoms with van der Waals surface area (Å²) in [5.74, 6) is 1.92. The molecule has 2 aromatic carbocycles. The van der Waals surface area contributed by atoms with E-state index in [1.807, 2.05) is 19.1 Å². The van der Waals surface area contributed by atoms with Gasteiger partial charge in [0.15, 0.2) is 5.82 Å². The number of pyridine rings is 1. The lowest BCUT2D eigenvalue weighted by Crippen LogP contribution is -2.05. The number of hydrogen-bond donors (Lipinski definition) is 2. The van der Waals surface area contributed by atoms with Crippen LogP contribution in [0.2, 0.25) is 0 Å². The van der Waals surface area contributed by atoms with Crippen LogP contribution in [0.4, 0.5) is 24.8 Å². The van der Waals surface area contributed by atoms with Gasteiger partial charge in [-0.15, -0.1) is 10.2 Å². The molecule has 0 aliphatic rings. The number of hydrogen-bond acceptors (Lipinski definition) is 5. The highest BCUT2D eigenvalue weighted by atomic mass is 19.4. The fourth-order valence-corrected chi connectivity index (χ4v) is 2.78. The van der Waals surface area contributed by atoms with Crippen LogP contribution < -0.4 is 10.1 Å². The first-order valence-corrected chi connectivity index (χ1v) is 8.95. The van der Waals surface area contributed by atoms with E-state index in [0.717, 1.165) is 17.8 Å². The van der Waals surface area contributed by atoms with Gasteiger partial charge in [0.2, 0.25) is 5.95 Å². The number of halogens is 3. The van der Waals surface area contributed by atoms with Crippen LogP contribution in [0.5, 0.6) is 11.5 Å². The SMILES string of the molecule is Cc1cc(Oc2cccc(-c3nnc(Nc4cccc(C(F)(F)F)c4)[nH]3)c2)ccn1. The van der Waals surface area contributed by atoms with E-state index >= 15 is 0 Å². The third-order valence-electron chi connectivity index (χ3n) is 4.15. The number of rotatable bonds is 5. The van der Waals surface area contributed by atoms with Gasteiger partial charge in [-0.3, -0.25) is 4.98 Å². The Bertz CT molecular complexity index is 1170. The van der Waals surface area contributed by atoms with Crippen molar-refractivity contribution in [3.8, 4) is 22.9 Å². The maximum atomic E-state index is 12.9. The van der Waals surface area contributed by atoms with E-state index in [1.165, 1.54) is 12.1 Å². The Hall–Kier alpha value is -3.88. The van der Waals surface area contributed by atoms with E-state index < -0.39 is 11.7 Å². The van der Waals surface area contributed by atoms with Crippen molar-refractivity contribution in [1.82, 2.24) is 20.2 Å². The molecule has 0 atom stereocenters. The molecular weight excluding hydrogens is 395 g/mol. The van der Waals surface area contributed by atoms with Crippen LogP contribution in [0.15, 0.2) is 66.9 Å². The maximum Gasteiger partial charge on any atom is 0.416 e. The summed E-state index contributed by atoms with van der Waals surface area (Å²) in [6.07, 6.45) is -2.76. The summed E-state index contributed by atoms with van der Waals surface area (Å²) in [5.41, 5.74) is 1.05. The standard InChI is InChI=1S/C21H16F3N5O/c1-13-10-18(8-9-25-13)30-17-7-2-4-14(11-17)19-27-20(29-28-19)26-16-6-3-5-15(12-16)21(22,23)24/h2-12H,1H3,(H2,26,27,28,29). The van der Waals surface area contributed by atoms with Crippen LogP contribution in [-0.4, -0.2) is 20.2 Å². The summed E-state index contributed by atoms with van der Waals surface area (Å²) < 4.78 is 44.5. The van der Waals surface area contributed by atoms with Crippen LogP contribution in [0, 0.1) is 6.92 Å². The number of ether oxygens (including phenoxy) is 1. The maximum absolute atomic E-state index is 12.9. The minimum Gasteiger partial charge on any atom is -0.457 e. The summed E-state index contributed by atoms with van der Waals surface area (Å²) in [7, 11) is 0. The average Bonchev–Trinajstić information content (AvgIpc) is 3.16. The molecule has 0 fully saturated rings. The number of nitrogens with zero attached hydrogens (tertiary/aromatic N) is 3. The topological polar surface area (TPSA) is 75.7 Å². The Morgan fingerprint density at radius 3 is 2.53 bits per heavy atom. The van der Waals surface area contributed by atoms with Crippen molar-refractivity contribution < 1.29 is 17.9 Å². The summed E-state index contributed by atoms with van der Waals surface area (Å²) in [4.78, 5) is 7.09. The van der Waals surface area contributed by atoms with Gasteiger partial charge in [0.1, 0.15) is 11.5 Å². The van der Waals surface area contributed by atoms with Crippen LogP contribution in [-0.2, 0) is 6.18 Å². The molecule has 4 aromatic rings. The molecule has 30 heavy (non-hydrogen) atoms. The quantitative estimate of drug-likeness (QED) is 0.439. The molecule has 2 heterocycles. The number of aryl methyl sites for hydroxylation is 1. The molecule has 0 amide bonds. The van der Waals surface area contributed by atoms with Crippen molar-refractivity contribution in [1.29, 1.82) is 0 Å². The number of benzene rings is 2. The van der Waals surface area contributed by atoms with Crippen molar-refractivity contribution in [2.24, 2.45) is 0 Å². The first-order valence-electron chi connectivity index (χ1n) is 8.95. The number of aromatic amines is 1. The molecule has 2 aromatic heterocycles. The molecule has 0 saturated carbocycles. The minimum absolute atomic E-state index is 0.223. The van der Waals surface area contributed by atoms with Gasteiger partial charge >= 0.3 is 6.18 Å². The minimum atomic E-state index is -4.42. The van der Waals surface area contributed by atoms with Crippen molar-refractivity contribution in [3.63, 3.8) is 0 Å². The van der Waals surface area contributed by atoms with Crippen molar-refractivity contribution in [3.05, 3.63) is 78.1 Å². The number of alkyl halides is 3. The number of H-pyrrole nitrogens is 1. The van der Waals surface area contributed by atoms with Gasteiger partial charge < -0.3 is 15.0 Å². The molecule has 0 spiro atoms. The zero-order chi connectivity index (χ0) is 21.1. The predicted molar refractivity (Wildman–Crippen MR) is 106 cm³/mol. The van der Waals surface area contributed by atoms with Crippen LogP contribution >= 0.6 is 0 Å². The second-order valence-corrected chi connectivity index (χ2v) is 6.49. The van der Waals surface area contributed by atoms with Gasteiger partial charge in [-0.2, -0.15) is 13.2 Å². The Morgan fingerprint density at radius 2 is 1.73 bits per heavy atom. The second-order valence-electron chi connectivity index (χ2n) is 6.49. The average molecular weight is 411 g/mol. The highest BCUT2D eigenvalue weighted by Crippen LogP contribution is 2.31. The van der Waals surface area contributed by atoms with E-state index in [2.05, 4.69) is 25.5 Å². The molecule has 6 nitrogen and oxygen atoms in total. The first-order chi connectivity index (χ1) is 14.4. The smallest absolute Gasteiger partial charge is 0.416 e. The van der Waals surface area contributed by atoms with E-state index in [0.29, 0.717) is 22.9 Å². The van der Waals surface area contributed by atoms with E-state index in [4.69, 9.17) is 4.74 Å². The van der Waals surface area contributed by atoms with Gasteiger partial charge in [0.25, 0.3) is 0 Å². The monoisotopic (exact) mass is 411 g/mol. The normalized spacial score (nSPS) is 11.3. The first kappa shape index (κ1) is 19.4. The number of aromatic nitrogens is 4. The summed E-state index contributed by atoms with van der Waals surface area (Å²) in [5, 5.41) is 10.8. The highest BCUT2D eigenvalue weighted by molar-refractivity contribution is 5.61. The lowest BCUT2D eigenvalue weighted by Gasteiger charge is -2.09. The Balaban J connectivity index is 1.52. The third kappa shape index (κ3) is 4.57.